The lowest BCUT2D eigenvalue weighted by Gasteiger charge is -2.35. The SMILES string of the molecule is CN(C1COC1)[S+](=O)([O-])c1ccc(CC(=O)c2ccc(CN3CCc4ccccc4C3)cc2)cc1. The Bertz CT molecular complexity index is 1240. The molecule has 0 amide bonds. The highest BCUT2D eigenvalue weighted by atomic mass is 32.3. The standard InChI is InChI=1S/C28H30N2O4S/c1-29(26-19-34-20-26)35(32,33)27-12-8-21(9-13-27)16-28(31)24-10-6-22(7-11-24)17-30-15-14-23-4-2-3-5-25(23)18-30/h2-13,26H,14-20H2,1H3. The van der Waals surface area contributed by atoms with Gasteiger partial charge in [-0.15, -0.1) is 4.31 Å². The smallest absolute Gasteiger partial charge is 0.175 e. The lowest BCUT2D eigenvalue weighted by molar-refractivity contribution is -0.0324. The normalized spacial score (nSPS) is 18.0. The van der Waals surface area contributed by atoms with E-state index in [1.165, 1.54) is 21.0 Å². The van der Waals surface area contributed by atoms with Gasteiger partial charge in [-0.25, -0.2) is 0 Å². The van der Waals surface area contributed by atoms with Crippen molar-refractivity contribution < 1.29 is 18.3 Å². The molecule has 0 bridgehead atoms. The van der Waals surface area contributed by atoms with E-state index in [2.05, 4.69) is 29.2 Å². The van der Waals surface area contributed by atoms with Crippen molar-refractivity contribution >= 4 is 16.2 Å². The fourth-order valence-electron chi connectivity index (χ4n) is 4.61. The van der Waals surface area contributed by atoms with E-state index >= 15 is 0 Å². The maximum Gasteiger partial charge on any atom is 0.175 e. The molecule has 2 aliphatic rings. The number of Topliss-reactive ketones (excluding diaryl/α,β-unsaturated/α-hetero) is 1. The van der Waals surface area contributed by atoms with E-state index in [1.807, 2.05) is 24.3 Å². The molecule has 2 aliphatic heterocycles. The minimum absolute atomic E-state index is 0.0165. The number of likely N-dealkylation sites (N-methyl/N-ethyl adjacent to an activating group) is 1. The van der Waals surface area contributed by atoms with Crippen LogP contribution in [-0.2, 0) is 45.3 Å². The maximum atomic E-state index is 12.8. The van der Waals surface area contributed by atoms with Crippen LogP contribution in [0.1, 0.15) is 32.6 Å². The Kier molecular flexibility index (Phi) is 6.95. The van der Waals surface area contributed by atoms with Gasteiger partial charge < -0.3 is 9.29 Å². The topological polar surface area (TPSA) is 72.9 Å². The van der Waals surface area contributed by atoms with Crippen molar-refractivity contribution in [2.24, 2.45) is 0 Å². The van der Waals surface area contributed by atoms with Gasteiger partial charge >= 0.3 is 0 Å². The lowest BCUT2D eigenvalue weighted by Crippen LogP contribution is -2.51. The van der Waals surface area contributed by atoms with Gasteiger partial charge in [-0.3, -0.25) is 9.69 Å². The predicted octanol–water partition coefficient (Wildman–Crippen LogP) is 3.90. The lowest BCUT2D eigenvalue weighted by atomic mass is 9.99. The molecule has 0 spiro atoms. The summed E-state index contributed by atoms with van der Waals surface area (Å²) in [6.45, 7) is 3.70. The van der Waals surface area contributed by atoms with Gasteiger partial charge in [0, 0.05) is 38.7 Å². The number of hydrogen-bond donors (Lipinski definition) is 0. The number of carbonyl (C=O) groups excluding carboxylic acids is 1. The summed E-state index contributed by atoms with van der Waals surface area (Å²) in [6.07, 6.45) is 1.30. The Morgan fingerprint density at radius 3 is 2.31 bits per heavy atom. The van der Waals surface area contributed by atoms with E-state index in [4.69, 9.17) is 4.74 Å². The molecule has 0 N–H and O–H groups in total. The van der Waals surface area contributed by atoms with Crippen LogP contribution in [0.3, 0.4) is 0 Å². The summed E-state index contributed by atoms with van der Waals surface area (Å²) in [7, 11) is -1.99. The molecule has 3 aromatic rings. The maximum absolute atomic E-state index is 12.8. The first-order chi connectivity index (χ1) is 16.9. The van der Waals surface area contributed by atoms with E-state index in [0.29, 0.717) is 18.8 Å². The summed E-state index contributed by atoms with van der Waals surface area (Å²) >= 11 is 0. The zero-order valence-corrected chi connectivity index (χ0v) is 20.7. The number of ether oxygens (including phenoxy) is 1. The Morgan fingerprint density at radius 1 is 1.00 bits per heavy atom. The molecule has 3 aromatic carbocycles. The summed E-state index contributed by atoms with van der Waals surface area (Å²) in [5, 5.41) is 0. The number of rotatable bonds is 8. The molecule has 1 atom stereocenters. The number of benzene rings is 3. The van der Waals surface area contributed by atoms with Crippen LogP contribution >= 0.6 is 0 Å². The van der Waals surface area contributed by atoms with Crippen LogP contribution in [0, 0.1) is 0 Å². The van der Waals surface area contributed by atoms with Gasteiger partial charge in [-0.05, 0) is 40.8 Å². The number of carbonyl (C=O) groups is 1. The zero-order chi connectivity index (χ0) is 24.4. The number of sulfonamides is 1. The highest BCUT2D eigenvalue weighted by Crippen LogP contribution is 2.25. The average Bonchev–Trinajstić information content (AvgIpc) is 2.83. The molecule has 1 fully saturated rings. The molecule has 0 radical (unpaired) electrons. The van der Waals surface area contributed by atoms with Crippen molar-refractivity contribution in [3.8, 4) is 0 Å². The first kappa shape index (κ1) is 24.0. The summed E-state index contributed by atoms with van der Waals surface area (Å²) in [5.74, 6) is 0.0165. The first-order valence-electron chi connectivity index (χ1n) is 12.0. The second-order valence-electron chi connectivity index (χ2n) is 9.38. The Balaban J connectivity index is 1.18. The number of ketones is 1. The van der Waals surface area contributed by atoms with Crippen LogP contribution in [0.2, 0.25) is 0 Å². The molecular weight excluding hydrogens is 460 g/mol. The van der Waals surface area contributed by atoms with Crippen molar-refractivity contribution in [2.45, 2.75) is 36.9 Å². The molecule has 7 heteroatoms. The van der Waals surface area contributed by atoms with Gasteiger partial charge in [0.1, 0.15) is 6.04 Å². The summed E-state index contributed by atoms with van der Waals surface area (Å²) in [6, 6.07) is 22.9. The third-order valence-electron chi connectivity index (χ3n) is 6.99. The largest absolute Gasteiger partial charge is 0.593 e. The monoisotopic (exact) mass is 490 g/mol. The highest BCUT2D eigenvalue weighted by molar-refractivity contribution is 7.95. The fourth-order valence-corrected chi connectivity index (χ4v) is 5.93. The molecule has 1 saturated heterocycles. The third kappa shape index (κ3) is 5.29. The van der Waals surface area contributed by atoms with E-state index < -0.39 is 10.4 Å². The van der Waals surface area contributed by atoms with Crippen molar-refractivity contribution in [3.05, 3.63) is 101 Å². The minimum Gasteiger partial charge on any atom is -0.593 e. The molecule has 1 unspecified atom stereocenters. The van der Waals surface area contributed by atoms with Gasteiger partial charge in [-0.2, -0.15) is 0 Å². The van der Waals surface area contributed by atoms with E-state index in [9.17, 15) is 13.6 Å². The number of hydrogen-bond acceptors (Lipinski definition) is 5. The molecule has 2 heterocycles. The molecule has 5 rings (SSSR count). The van der Waals surface area contributed by atoms with Crippen LogP contribution in [0.15, 0.2) is 77.7 Å². The van der Waals surface area contributed by atoms with Crippen molar-refractivity contribution in [3.63, 3.8) is 0 Å². The van der Waals surface area contributed by atoms with Gasteiger partial charge in [0.05, 0.1) is 13.2 Å². The molecule has 35 heavy (non-hydrogen) atoms. The van der Waals surface area contributed by atoms with Crippen LogP contribution < -0.4 is 0 Å². The first-order valence-corrected chi connectivity index (χ1v) is 13.4. The third-order valence-corrected chi connectivity index (χ3v) is 8.92. The zero-order valence-electron chi connectivity index (χ0n) is 19.9. The van der Waals surface area contributed by atoms with Crippen LogP contribution in [0.25, 0.3) is 0 Å². The molecule has 0 saturated carbocycles. The Labute approximate surface area is 207 Å². The van der Waals surface area contributed by atoms with Gasteiger partial charge in [-0.1, -0.05) is 64.9 Å². The van der Waals surface area contributed by atoms with E-state index in [0.717, 1.165) is 31.6 Å². The van der Waals surface area contributed by atoms with E-state index in [1.54, 1.807) is 31.3 Å². The van der Waals surface area contributed by atoms with Crippen LogP contribution in [-0.4, -0.2) is 52.4 Å². The molecule has 182 valence electrons. The van der Waals surface area contributed by atoms with Crippen LogP contribution in [0.5, 0.6) is 0 Å². The van der Waals surface area contributed by atoms with Gasteiger partial charge in [0.15, 0.2) is 21.1 Å². The number of fused-ring (bicyclic) bond motifs is 1. The molecule has 0 aromatic heterocycles. The highest BCUT2D eigenvalue weighted by Gasteiger charge is 2.37. The predicted molar refractivity (Wildman–Crippen MR) is 135 cm³/mol. The van der Waals surface area contributed by atoms with Gasteiger partial charge in [0.2, 0.25) is 0 Å². The van der Waals surface area contributed by atoms with Crippen molar-refractivity contribution in [2.75, 3.05) is 26.8 Å². The molecular formula is C28H30N2O4S. The number of nitrogens with zero attached hydrogens (tertiary/aromatic N) is 2. The summed E-state index contributed by atoms with van der Waals surface area (Å²) < 4.78 is 32.0. The second-order valence-corrected chi connectivity index (χ2v) is 11.4. The molecule has 0 aliphatic carbocycles. The Hall–Kier alpha value is -2.68. The summed E-state index contributed by atoms with van der Waals surface area (Å²) in [5.41, 5.74) is 5.48. The van der Waals surface area contributed by atoms with E-state index in [-0.39, 0.29) is 23.1 Å². The Morgan fingerprint density at radius 2 is 1.66 bits per heavy atom. The van der Waals surface area contributed by atoms with Crippen molar-refractivity contribution in [1.29, 1.82) is 0 Å². The van der Waals surface area contributed by atoms with Crippen LogP contribution in [0.4, 0.5) is 0 Å². The second kappa shape index (κ2) is 10.1. The average molecular weight is 491 g/mol. The minimum atomic E-state index is -3.57. The fraction of sp³-hybridized carbons (Fsp3) is 0.321. The van der Waals surface area contributed by atoms with Crippen molar-refractivity contribution in [1.82, 2.24) is 9.21 Å². The summed E-state index contributed by atoms with van der Waals surface area (Å²) in [4.78, 5) is 15.5. The quantitative estimate of drug-likeness (QED) is 0.354. The molecule has 6 nitrogen and oxygen atoms in total. The van der Waals surface area contributed by atoms with Gasteiger partial charge in [0.25, 0.3) is 0 Å².